The fourth-order valence-corrected chi connectivity index (χ4v) is 2.43. The highest BCUT2D eigenvalue weighted by Crippen LogP contribution is 2.30. The molecule has 0 heterocycles. The summed E-state index contributed by atoms with van der Waals surface area (Å²) in [6.07, 6.45) is 3.55. The maximum Gasteiger partial charge on any atom is 0.143 e. The molecule has 84 valence electrons. The van der Waals surface area contributed by atoms with Crippen molar-refractivity contribution in [3.05, 3.63) is 23.0 Å². The largest absolute Gasteiger partial charge is 0.398 e. The molecule has 15 heavy (non-hydrogen) atoms. The maximum atomic E-state index is 13.0. The zero-order valence-corrected chi connectivity index (χ0v) is 10.3. The van der Waals surface area contributed by atoms with Crippen LogP contribution in [0.1, 0.15) is 26.2 Å². The van der Waals surface area contributed by atoms with Gasteiger partial charge in [0.05, 0.1) is 5.02 Å². The van der Waals surface area contributed by atoms with Crippen LogP contribution in [-0.2, 0) is 0 Å². The van der Waals surface area contributed by atoms with Crippen molar-refractivity contribution in [2.75, 3.05) is 11.5 Å². The number of nitrogens with two attached hydrogens (primary N) is 1. The van der Waals surface area contributed by atoms with Crippen LogP contribution in [0.4, 0.5) is 10.1 Å². The van der Waals surface area contributed by atoms with Gasteiger partial charge in [-0.15, -0.1) is 11.8 Å². The summed E-state index contributed by atoms with van der Waals surface area (Å²) in [7, 11) is 0. The van der Waals surface area contributed by atoms with E-state index in [1.807, 2.05) is 0 Å². The zero-order chi connectivity index (χ0) is 11.3. The second-order valence-corrected chi connectivity index (χ2v) is 4.90. The molecule has 0 fully saturated rings. The Morgan fingerprint density at radius 3 is 2.80 bits per heavy atom. The van der Waals surface area contributed by atoms with Crippen molar-refractivity contribution < 1.29 is 4.39 Å². The average molecular weight is 248 g/mol. The fraction of sp³-hybridized carbons (Fsp3) is 0.455. The van der Waals surface area contributed by atoms with Crippen LogP contribution >= 0.6 is 23.4 Å². The third kappa shape index (κ3) is 3.92. The topological polar surface area (TPSA) is 26.0 Å². The van der Waals surface area contributed by atoms with Crippen molar-refractivity contribution in [1.29, 1.82) is 0 Å². The van der Waals surface area contributed by atoms with Gasteiger partial charge in [-0.05, 0) is 24.3 Å². The van der Waals surface area contributed by atoms with E-state index in [1.54, 1.807) is 17.8 Å². The van der Waals surface area contributed by atoms with Crippen LogP contribution < -0.4 is 5.73 Å². The van der Waals surface area contributed by atoms with Crippen LogP contribution in [0.5, 0.6) is 0 Å². The number of nitrogen functional groups attached to an aromatic ring is 1. The Morgan fingerprint density at radius 1 is 1.40 bits per heavy atom. The van der Waals surface area contributed by atoms with Gasteiger partial charge in [0.15, 0.2) is 0 Å². The number of rotatable bonds is 5. The molecule has 0 unspecified atom stereocenters. The average Bonchev–Trinajstić information content (AvgIpc) is 2.20. The Balaban J connectivity index is 2.57. The van der Waals surface area contributed by atoms with Gasteiger partial charge in [0.1, 0.15) is 5.82 Å². The number of benzene rings is 1. The highest BCUT2D eigenvalue weighted by atomic mass is 35.5. The number of thioether (sulfide) groups is 1. The van der Waals surface area contributed by atoms with Crippen molar-refractivity contribution >= 4 is 29.1 Å². The first-order chi connectivity index (χ1) is 7.15. The van der Waals surface area contributed by atoms with Crippen LogP contribution in [0.3, 0.4) is 0 Å². The van der Waals surface area contributed by atoms with Gasteiger partial charge >= 0.3 is 0 Å². The molecule has 0 spiro atoms. The normalized spacial score (nSPS) is 10.6. The molecule has 1 rings (SSSR count). The highest BCUT2D eigenvalue weighted by Gasteiger charge is 2.06. The van der Waals surface area contributed by atoms with E-state index in [4.69, 9.17) is 17.3 Å². The Labute approximate surface area is 99.2 Å². The molecule has 0 bridgehead atoms. The van der Waals surface area contributed by atoms with Crippen LogP contribution in [0.25, 0.3) is 0 Å². The van der Waals surface area contributed by atoms with E-state index in [-0.39, 0.29) is 5.02 Å². The number of unbranched alkanes of at least 4 members (excludes halogenated alkanes) is 2. The zero-order valence-electron chi connectivity index (χ0n) is 8.72. The molecule has 0 saturated heterocycles. The summed E-state index contributed by atoms with van der Waals surface area (Å²) in [5.41, 5.74) is 6.16. The third-order valence-electron chi connectivity index (χ3n) is 2.06. The highest BCUT2D eigenvalue weighted by molar-refractivity contribution is 7.99. The Hall–Kier alpha value is -0.410. The van der Waals surface area contributed by atoms with Crippen molar-refractivity contribution in [1.82, 2.24) is 0 Å². The summed E-state index contributed by atoms with van der Waals surface area (Å²) < 4.78 is 13.0. The quantitative estimate of drug-likeness (QED) is 0.476. The maximum absolute atomic E-state index is 13.0. The summed E-state index contributed by atoms with van der Waals surface area (Å²) in [4.78, 5) is 0.873. The molecular weight excluding hydrogens is 233 g/mol. The van der Waals surface area contributed by atoms with E-state index in [2.05, 4.69) is 6.92 Å². The van der Waals surface area contributed by atoms with Gasteiger partial charge in [-0.3, -0.25) is 0 Å². The van der Waals surface area contributed by atoms with E-state index in [9.17, 15) is 4.39 Å². The van der Waals surface area contributed by atoms with Gasteiger partial charge in [-0.25, -0.2) is 4.39 Å². The van der Waals surface area contributed by atoms with E-state index < -0.39 is 5.82 Å². The van der Waals surface area contributed by atoms with Crippen LogP contribution in [0, 0.1) is 5.82 Å². The molecule has 1 aromatic rings. The summed E-state index contributed by atoms with van der Waals surface area (Å²) in [5, 5.41) is 0.141. The number of halogens is 2. The van der Waals surface area contributed by atoms with Crippen LogP contribution in [0.15, 0.2) is 17.0 Å². The summed E-state index contributed by atoms with van der Waals surface area (Å²) >= 11 is 7.32. The first kappa shape index (κ1) is 12.7. The Morgan fingerprint density at radius 2 is 2.13 bits per heavy atom. The molecular formula is C11H15ClFNS. The van der Waals surface area contributed by atoms with E-state index in [1.165, 1.54) is 18.9 Å². The lowest BCUT2D eigenvalue weighted by atomic mass is 10.3. The van der Waals surface area contributed by atoms with Crippen molar-refractivity contribution in [3.8, 4) is 0 Å². The predicted octanol–water partition coefficient (Wildman–Crippen LogP) is 4.34. The molecule has 0 aliphatic heterocycles. The SMILES string of the molecule is CCCCCSc1cc(Cl)c(F)cc1N. The fourth-order valence-electron chi connectivity index (χ4n) is 1.20. The third-order valence-corrected chi connectivity index (χ3v) is 3.51. The minimum atomic E-state index is -0.452. The second kappa shape index (κ2) is 6.23. The van der Waals surface area contributed by atoms with Crippen LogP contribution in [0.2, 0.25) is 5.02 Å². The molecule has 0 aliphatic rings. The Bertz CT molecular complexity index is 331. The molecule has 0 atom stereocenters. The molecule has 1 aromatic carbocycles. The molecule has 0 aromatic heterocycles. The molecule has 2 N–H and O–H groups in total. The summed E-state index contributed by atoms with van der Waals surface area (Å²) in [5.74, 6) is 0.548. The van der Waals surface area contributed by atoms with Gasteiger partial charge < -0.3 is 5.73 Å². The lowest BCUT2D eigenvalue weighted by Gasteiger charge is -2.06. The lowest BCUT2D eigenvalue weighted by Crippen LogP contribution is -1.92. The second-order valence-electron chi connectivity index (χ2n) is 3.36. The number of hydrogen-bond donors (Lipinski definition) is 1. The number of hydrogen-bond acceptors (Lipinski definition) is 2. The number of anilines is 1. The van der Waals surface area contributed by atoms with Gasteiger partial charge in [0, 0.05) is 10.6 Å². The van der Waals surface area contributed by atoms with Crippen molar-refractivity contribution in [2.45, 2.75) is 31.1 Å². The van der Waals surface area contributed by atoms with Crippen molar-refractivity contribution in [3.63, 3.8) is 0 Å². The molecule has 0 amide bonds. The Kier molecular flexibility index (Phi) is 5.26. The molecule has 0 aliphatic carbocycles. The van der Waals surface area contributed by atoms with Gasteiger partial charge in [-0.2, -0.15) is 0 Å². The van der Waals surface area contributed by atoms with E-state index in [0.29, 0.717) is 5.69 Å². The first-order valence-corrected chi connectivity index (χ1v) is 6.38. The minimum absolute atomic E-state index is 0.141. The monoisotopic (exact) mass is 247 g/mol. The lowest BCUT2D eigenvalue weighted by molar-refractivity contribution is 0.628. The van der Waals surface area contributed by atoms with E-state index >= 15 is 0 Å². The molecule has 4 heteroatoms. The molecule has 0 saturated carbocycles. The van der Waals surface area contributed by atoms with Gasteiger partial charge in [-0.1, -0.05) is 31.4 Å². The minimum Gasteiger partial charge on any atom is -0.398 e. The molecule has 1 nitrogen and oxygen atoms in total. The van der Waals surface area contributed by atoms with E-state index in [0.717, 1.165) is 17.1 Å². The van der Waals surface area contributed by atoms with Crippen molar-refractivity contribution in [2.24, 2.45) is 0 Å². The smallest absolute Gasteiger partial charge is 0.143 e. The first-order valence-electron chi connectivity index (χ1n) is 5.02. The van der Waals surface area contributed by atoms with Gasteiger partial charge in [0.2, 0.25) is 0 Å². The van der Waals surface area contributed by atoms with Gasteiger partial charge in [0.25, 0.3) is 0 Å². The predicted molar refractivity (Wildman–Crippen MR) is 66.1 cm³/mol. The standard InChI is InChI=1S/C11H15ClFNS/c1-2-3-4-5-15-11-6-8(12)9(13)7-10(11)14/h6-7H,2-5,14H2,1H3. The van der Waals surface area contributed by atoms with Crippen LogP contribution in [-0.4, -0.2) is 5.75 Å². The summed E-state index contributed by atoms with van der Waals surface area (Å²) in [6, 6.07) is 2.88. The summed E-state index contributed by atoms with van der Waals surface area (Å²) in [6.45, 7) is 2.16. The molecule has 0 radical (unpaired) electrons.